The van der Waals surface area contributed by atoms with Gasteiger partial charge in [0.1, 0.15) is 0 Å². The maximum atomic E-state index is 11.0. The number of rotatable bonds is 4. The Labute approximate surface area is 96.2 Å². The molecule has 0 unspecified atom stereocenters. The van der Waals surface area contributed by atoms with Crippen LogP contribution in [0, 0.1) is 0 Å². The molecule has 0 fully saturated rings. The number of benzene rings is 1. The van der Waals surface area contributed by atoms with Crippen LogP contribution in [0.25, 0.3) is 0 Å². The Kier molecular flexibility index (Phi) is 3.73. The molecule has 0 saturated carbocycles. The Morgan fingerprint density at radius 2 is 2.06 bits per heavy atom. The summed E-state index contributed by atoms with van der Waals surface area (Å²) in [6.07, 6.45) is -0.432. The second-order valence-corrected chi connectivity index (χ2v) is 3.46. The number of carboxylic acids is 1. The van der Waals surface area contributed by atoms with Gasteiger partial charge in [0, 0.05) is 23.1 Å². The van der Waals surface area contributed by atoms with Crippen molar-refractivity contribution < 1.29 is 24.5 Å². The van der Waals surface area contributed by atoms with E-state index < -0.39 is 18.2 Å². The quantitative estimate of drug-likeness (QED) is 0.779. The number of carboxylic acid groups (broad SMARTS) is 1. The van der Waals surface area contributed by atoms with Crippen molar-refractivity contribution in [2.45, 2.75) is 6.42 Å². The number of Topliss-reactive ketones (excluding diaryl/α,β-unsaturated/α-hetero) is 1. The Morgan fingerprint density at radius 1 is 1.44 bits per heavy atom. The van der Waals surface area contributed by atoms with Crippen molar-refractivity contribution in [2.24, 2.45) is 0 Å². The number of ether oxygens (including phenoxy) is 1. The highest BCUT2D eigenvalue weighted by atomic mass is 35.5. The fourth-order valence-electron chi connectivity index (χ4n) is 1.17. The normalized spacial score (nSPS) is 9.88. The third-order valence-electron chi connectivity index (χ3n) is 1.93. The van der Waals surface area contributed by atoms with Crippen LogP contribution < -0.4 is 4.74 Å². The van der Waals surface area contributed by atoms with Crippen LogP contribution >= 0.6 is 11.6 Å². The van der Waals surface area contributed by atoms with Crippen molar-refractivity contribution in [1.82, 2.24) is 0 Å². The number of carbonyl (C=O) groups excluding carboxylic acids is 1. The third kappa shape index (κ3) is 2.64. The van der Waals surface area contributed by atoms with Gasteiger partial charge in [-0.1, -0.05) is 11.6 Å². The number of phenols is 1. The van der Waals surface area contributed by atoms with Gasteiger partial charge in [-0.15, -0.1) is 0 Å². The number of ketones is 1. The summed E-state index contributed by atoms with van der Waals surface area (Å²) in [7, 11) is 1.33. The van der Waals surface area contributed by atoms with Gasteiger partial charge in [0.15, 0.2) is 11.5 Å². The minimum Gasteiger partial charge on any atom is -0.504 e. The first kappa shape index (κ1) is 12.3. The van der Waals surface area contributed by atoms with E-state index in [0.717, 1.165) is 0 Å². The van der Waals surface area contributed by atoms with Crippen LogP contribution in [0.1, 0.15) is 5.56 Å². The topological polar surface area (TPSA) is 83.8 Å². The zero-order valence-corrected chi connectivity index (χ0v) is 9.11. The van der Waals surface area contributed by atoms with Crippen molar-refractivity contribution in [3.8, 4) is 11.5 Å². The van der Waals surface area contributed by atoms with E-state index in [2.05, 4.69) is 0 Å². The molecule has 16 heavy (non-hydrogen) atoms. The molecule has 0 saturated heterocycles. The molecule has 1 aromatic carbocycles. The molecule has 1 rings (SSSR count). The lowest BCUT2D eigenvalue weighted by Gasteiger charge is -2.08. The number of carbonyl (C=O) groups is 2. The molecule has 1 aromatic rings. The second kappa shape index (κ2) is 4.85. The summed E-state index contributed by atoms with van der Waals surface area (Å²) in [4.78, 5) is 21.3. The third-order valence-corrected chi connectivity index (χ3v) is 2.15. The molecule has 86 valence electrons. The van der Waals surface area contributed by atoms with Crippen molar-refractivity contribution in [2.75, 3.05) is 7.11 Å². The van der Waals surface area contributed by atoms with Gasteiger partial charge in [-0.2, -0.15) is 0 Å². The average molecular weight is 245 g/mol. The Morgan fingerprint density at radius 3 is 2.56 bits per heavy atom. The second-order valence-electron chi connectivity index (χ2n) is 3.02. The maximum absolute atomic E-state index is 11.0. The van der Waals surface area contributed by atoms with E-state index in [1.54, 1.807) is 0 Å². The fourth-order valence-corrected chi connectivity index (χ4v) is 1.40. The zero-order chi connectivity index (χ0) is 12.3. The molecule has 2 N–H and O–H groups in total. The Balaban J connectivity index is 3.09. The molecule has 0 aromatic heterocycles. The summed E-state index contributed by atoms with van der Waals surface area (Å²) in [5.74, 6) is -2.76. The number of phenolic OH excluding ortho intramolecular Hbond substituents is 1. The van der Waals surface area contributed by atoms with Crippen LogP contribution in [0.2, 0.25) is 5.02 Å². The van der Waals surface area contributed by atoms with Crippen LogP contribution in [-0.2, 0) is 16.0 Å². The van der Waals surface area contributed by atoms with Gasteiger partial charge in [0.05, 0.1) is 7.11 Å². The van der Waals surface area contributed by atoms with E-state index in [4.69, 9.17) is 21.4 Å². The minimum atomic E-state index is -1.56. The standard InChI is InChI=1S/C10H9ClO5/c1-16-8-4-6(11)2-5(9(8)13)3-7(12)10(14)15/h2,4,13H,3H2,1H3,(H,14,15). The van der Waals surface area contributed by atoms with Crippen LogP contribution in [-0.4, -0.2) is 29.1 Å². The molecule has 0 atom stereocenters. The van der Waals surface area contributed by atoms with Crippen LogP contribution in [0.5, 0.6) is 11.5 Å². The van der Waals surface area contributed by atoms with E-state index in [-0.39, 0.29) is 22.1 Å². The number of aliphatic carboxylic acids is 1. The molecule has 0 radical (unpaired) electrons. The van der Waals surface area contributed by atoms with Crippen molar-refractivity contribution in [3.05, 3.63) is 22.7 Å². The smallest absolute Gasteiger partial charge is 0.372 e. The molecule has 0 aliphatic heterocycles. The van der Waals surface area contributed by atoms with Crippen LogP contribution in [0.15, 0.2) is 12.1 Å². The van der Waals surface area contributed by atoms with Crippen molar-refractivity contribution in [3.63, 3.8) is 0 Å². The Bertz CT molecular complexity index is 441. The molecule has 6 heteroatoms. The summed E-state index contributed by atoms with van der Waals surface area (Å²) < 4.78 is 4.82. The number of hydrogen-bond donors (Lipinski definition) is 2. The predicted octanol–water partition coefficient (Wildman–Crippen LogP) is 1.25. The number of halogens is 1. The first-order valence-electron chi connectivity index (χ1n) is 4.27. The summed E-state index contributed by atoms with van der Waals surface area (Å²) in [6.45, 7) is 0. The van der Waals surface area contributed by atoms with Gasteiger partial charge in [0.2, 0.25) is 5.78 Å². The van der Waals surface area contributed by atoms with Crippen molar-refractivity contribution in [1.29, 1.82) is 0 Å². The molecule has 0 bridgehead atoms. The monoisotopic (exact) mass is 244 g/mol. The number of aromatic hydroxyl groups is 1. The highest BCUT2D eigenvalue weighted by molar-refractivity contribution is 6.33. The molecule has 0 spiro atoms. The average Bonchev–Trinajstić information content (AvgIpc) is 2.22. The lowest BCUT2D eigenvalue weighted by atomic mass is 10.1. The van der Waals surface area contributed by atoms with Gasteiger partial charge in [0.25, 0.3) is 0 Å². The molecule has 0 heterocycles. The highest BCUT2D eigenvalue weighted by Gasteiger charge is 2.17. The molecule has 0 aliphatic carbocycles. The summed E-state index contributed by atoms with van der Waals surface area (Å²) in [5, 5.41) is 18.3. The molecular formula is C10H9ClO5. The lowest BCUT2D eigenvalue weighted by molar-refractivity contribution is -0.148. The molecular weight excluding hydrogens is 236 g/mol. The minimum absolute atomic E-state index is 0.0979. The summed E-state index contributed by atoms with van der Waals surface area (Å²) in [6, 6.07) is 2.69. The SMILES string of the molecule is COc1cc(Cl)cc(CC(=O)C(=O)O)c1O. The van der Waals surface area contributed by atoms with Gasteiger partial charge < -0.3 is 14.9 Å². The fraction of sp³-hybridized carbons (Fsp3) is 0.200. The Hall–Kier alpha value is -1.75. The zero-order valence-electron chi connectivity index (χ0n) is 8.36. The highest BCUT2D eigenvalue weighted by Crippen LogP contribution is 2.33. The van der Waals surface area contributed by atoms with Crippen molar-refractivity contribution >= 4 is 23.4 Å². The molecule has 0 amide bonds. The van der Waals surface area contributed by atoms with E-state index in [9.17, 15) is 14.7 Å². The van der Waals surface area contributed by atoms with Gasteiger partial charge in [-0.05, 0) is 6.07 Å². The van der Waals surface area contributed by atoms with E-state index in [1.165, 1.54) is 19.2 Å². The van der Waals surface area contributed by atoms with E-state index in [0.29, 0.717) is 0 Å². The summed E-state index contributed by atoms with van der Waals surface area (Å²) >= 11 is 5.71. The van der Waals surface area contributed by atoms with Gasteiger partial charge in [-0.3, -0.25) is 4.79 Å². The van der Waals surface area contributed by atoms with Crippen LogP contribution in [0.4, 0.5) is 0 Å². The molecule has 5 nitrogen and oxygen atoms in total. The predicted molar refractivity (Wildman–Crippen MR) is 56.0 cm³/mol. The van der Waals surface area contributed by atoms with E-state index >= 15 is 0 Å². The largest absolute Gasteiger partial charge is 0.504 e. The number of hydrogen-bond acceptors (Lipinski definition) is 4. The lowest BCUT2D eigenvalue weighted by Crippen LogP contribution is -2.15. The maximum Gasteiger partial charge on any atom is 0.372 e. The van der Waals surface area contributed by atoms with Gasteiger partial charge >= 0.3 is 5.97 Å². The number of methoxy groups -OCH3 is 1. The van der Waals surface area contributed by atoms with Crippen LogP contribution in [0.3, 0.4) is 0 Å². The summed E-state index contributed by atoms with van der Waals surface area (Å²) in [5.41, 5.74) is 0.122. The van der Waals surface area contributed by atoms with E-state index in [1.807, 2.05) is 0 Å². The first-order chi connectivity index (χ1) is 7.45. The molecule has 0 aliphatic rings. The first-order valence-corrected chi connectivity index (χ1v) is 4.65. The van der Waals surface area contributed by atoms with Gasteiger partial charge in [-0.25, -0.2) is 4.79 Å².